The third kappa shape index (κ3) is 2.23. The van der Waals surface area contributed by atoms with Crippen LogP contribution in [0.1, 0.15) is 46.0 Å². The van der Waals surface area contributed by atoms with Crippen molar-refractivity contribution in [3.8, 4) is 0 Å². The van der Waals surface area contributed by atoms with Crippen LogP contribution in [-0.4, -0.2) is 11.1 Å². The Hall–Kier alpha value is -0.530. The van der Waals surface area contributed by atoms with E-state index < -0.39 is 5.97 Å². The molecule has 0 aromatic rings. The Kier molecular flexibility index (Phi) is 3.76. The van der Waals surface area contributed by atoms with Gasteiger partial charge >= 0.3 is 5.97 Å². The molecule has 0 bridgehead atoms. The predicted molar refractivity (Wildman–Crippen MR) is 52.5 cm³/mol. The van der Waals surface area contributed by atoms with Gasteiger partial charge in [0.2, 0.25) is 0 Å². The summed E-state index contributed by atoms with van der Waals surface area (Å²) in [5, 5.41) is 9.02. The maximum absolute atomic E-state index is 10.9. The lowest BCUT2D eigenvalue weighted by molar-refractivity contribution is -0.143. The first-order chi connectivity index (χ1) is 6.20. The number of carboxylic acid groups (broad SMARTS) is 1. The summed E-state index contributed by atoms with van der Waals surface area (Å²) in [5.41, 5.74) is 0. The molecule has 0 saturated heterocycles. The second kappa shape index (κ2) is 4.64. The molecule has 13 heavy (non-hydrogen) atoms. The lowest BCUT2D eigenvalue weighted by Gasteiger charge is -2.24. The van der Waals surface area contributed by atoms with Crippen molar-refractivity contribution in [2.45, 2.75) is 46.0 Å². The smallest absolute Gasteiger partial charge is 0.306 e. The van der Waals surface area contributed by atoms with Crippen molar-refractivity contribution < 1.29 is 9.90 Å². The van der Waals surface area contributed by atoms with E-state index in [-0.39, 0.29) is 5.92 Å². The molecule has 1 rings (SSSR count). The van der Waals surface area contributed by atoms with Gasteiger partial charge in [0.25, 0.3) is 0 Å². The van der Waals surface area contributed by atoms with Crippen LogP contribution in [0.25, 0.3) is 0 Å². The van der Waals surface area contributed by atoms with E-state index in [9.17, 15) is 4.79 Å². The normalized spacial score (nSPS) is 28.2. The summed E-state index contributed by atoms with van der Waals surface area (Å²) in [6.45, 7) is 4.34. The predicted octanol–water partition coefficient (Wildman–Crippen LogP) is 2.92. The summed E-state index contributed by atoms with van der Waals surface area (Å²) in [5.74, 6) is 0.454. The molecule has 2 nitrogen and oxygen atoms in total. The molecule has 0 radical (unpaired) electrons. The van der Waals surface area contributed by atoms with E-state index in [4.69, 9.17) is 5.11 Å². The SMILES string of the molecule is CCC(CC)C1CCCC1C(=O)O. The lowest BCUT2D eigenvalue weighted by Crippen LogP contribution is -2.24. The van der Waals surface area contributed by atoms with Crippen molar-refractivity contribution in [2.24, 2.45) is 17.8 Å². The Morgan fingerprint density at radius 1 is 1.38 bits per heavy atom. The van der Waals surface area contributed by atoms with Crippen molar-refractivity contribution >= 4 is 5.97 Å². The first-order valence-electron chi connectivity index (χ1n) is 5.43. The van der Waals surface area contributed by atoms with E-state index in [0.29, 0.717) is 11.8 Å². The fraction of sp³-hybridized carbons (Fsp3) is 0.909. The molecule has 0 amide bonds. The zero-order chi connectivity index (χ0) is 9.84. The van der Waals surface area contributed by atoms with E-state index in [1.807, 2.05) is 0 Å². The van der Waals surface area contributed by atoms with Gasteiger partial charge in [-0.1, -0.05) is 33.1 Å². The number of hydrogen-bond donors (Lipinski definition) is 1. The standard InChI is InChI=1S/C11H20O2/c1-3-8(4-2)9-6-5-7-10(9)11(12)13/h8-10H,3-7H2,1-2H3,(H,12,13). The molecule has 2 heteroatoms. The van der Waals surface area contributed by atoms with E-state index in [0.717, 1.165) is 32.1 Å². The van der Waals surface area contributed by atoms with Crippen molar-refractivity contribution in [3.05, 3.63) is 0 Å². The van der Waals surface area contributed by atoms with Crippen LogP contribution in [0, 0.1) is 17.8 Å². The Labute approximate surface area is 80.3 Å². The van der Waals surface area contributed by atoms with Crippen LogP contribution < -0.4 is 0 Å². The van der Waals surface area contributed by atoms with Gasteiger partial charge in [-0.15, -0.1) is 0 Å². The van der Waals surface area contributed by atoms with Gasteiger partial charge in [-0.25, -0.2) is 0 Å². The Morgan fingerprint density at radius 2 is 2.00 bits per heavy atom. The quantitative estimate of drug-likeness (QED) is 0.729. The van der Waals surface area contributed by atoms with Gasteiger partial charge in [0.15, 0.2) is 0 Å². The van der Waals surface area contributed by atoms with Gasteiger partial charge in [-0.05, 0) is 24.7 Å². The van der Waals surface area contributed by atoms with Crippen LogP contribution in [0.2, 0.25) is 0 Å². The summed E-state index contributed by atoms with van der Waals surface area (Å²) in [6, 6.07) is 0. The van der Waals surface area contributed by atoms with Gasteiger partial charge < -0.3 is 5.11 Å². The molecule has 0 aliphatic heterocycles. The van der Waals surface area contributed by atoms with Crippen molar-refractivity contribution in [3.63, 3.8) is 0 Å². The molecule has 2 unspecified atom stereocenters. The minimum Gasteiger partial charge on any atom is -0.481 e. The highest BCUT2D eigenvalue weighted by molar-refractivity contribution is 5.70. The molecule has 1 fully saturated rings. The molecule has 1 aliphatic rings. The van der Waals surface area contributed by atoms with Gasteiger partial charge in [-0.2, -0.15) is 0 Å². The highest BCUT2D eigenvalue weighted by Crippen LogP contribution is 2.39. The van der Waals surface area contributed by atoms with E-state index in [1.165, 1.54) is 0 Å². The zero-order valence-electron chi connectivity index (χ0n) is 8.62. The molecular formula is C11H20O2. The fourth-order valence-corrected chi connectivity index (χ4v) is 2.75. The number of carbonyl (C=O) groups is 1. The van der Waals surface area contributed by atoms with Gasteiger partial charge in [0.1, 0.15) is 0 Å². The van der Waals surface area contributed by atoms with Crippen molar-refractivity contribution in [1.82, 2.24) is 0 Å². The van der Waals surface area contributed by atoms with Gasteiger partial charge in [0, 0.05) is 0 Å². The van der Waals surface area contributed by atoms with Crippen LogP contribution in [0.3, 0.4) is 0 Å². The molecule has 76 valence electrons. The fourth-order valence-electron chi connectivity index (χ4n) is 2.75. The topological polar surface area (TPSA) is 37.3 Å². The Morgan fingerprint density at radius 3 is 2.46 bits per heavy atom. The lowest BCUT2D eigenvalue weighted by atomic mass is 9.81. The molecule has 0 aromatic carbocycles. The first-order valence-corrected chi connectivity index (χ1v) is 5.43. The average molecular weight is 184 g/mol. The number of aliphatic carboxylic acids is 1. The van der Waals surface area contributed by atoms with Crippen LogP contribution >= 0.6 is 0 Å². The van der Waals surface area contributed by atoms with Crippen LogP contribution in [0.5, 0.6) is 0 Å². The van der Waals surface area contributed by atoms with Crippen LogP contribution in [-0.2, 0) is 4.79 Å². The Balaban J connectivity index is 2.61. The molecule has 1 aliphatic carbocycles. The highest BCUT2D eigenvalue weighted by atomic mass is 16.4. The van der Waals surface area contributed by atoms with Gasteiger partial charge in [-0.3, -0.25) is 4.79 Å². The maximum atomic E-state index is 10.9. The van der Waals surface area contributed by atoms with Crippen LogP contribution in [0.15, 0.2) is 0 Å². The monoisotopic (exact) mass is 184 g/mol. The van der Waals surface area contributed by atoms with E-state index in [2.05, 4.69) is 13.8 Å². The average Bonchev–Trinajstić information content (AvgIpc) is 2.55. The third-order valence-electron chi connectivity index (χ3n) is 3.54. The van der Waals surface area contributed by atoms with E-state index >= 15 is 0 Å². The van der Waals surface area contributed by atoms with Crippen molar-refractivity contribution in [1.29, 1.82) is 0 Å². The van der Waals surface area contributed by atoms with Gasteiger partial charge in [0.05, 0.1) is 5.92 Å². The summed E-state index contributed by atoms with van der Waals surface area (Å²) >= 11 is 0. The molecule has 2 atom stereocenters. The number of hydrogen-bond acceptors (Lipinski definition) is 1. The summed E-state index contributed by atoms with van der Waals surface area (Å²) in [7, 11) is 0. The molecule has 0 heterocycles. The largest absolute Gasteiger partial charge is 0.481 e. The van der Waals surface area contributed by atoms with Crippen LogP contribution in [0.4, 0.5) is 0 Å². The van der Waals surface area contributed by atoms with Crippen molar-refractivity contribution in [2.75, 3.05) is 0 Å². The third-order valence-corrected chi connectivity index (χ3v) is 3.54. The number of rotatable bonds is 4. The molecule has 1 saturated carbocycles. The molecule has 1 N–H and O–H groups in total. The molecule has 0 aromatic heterocycles. The first kappa shape index (κ1) is 10.6. The highest BCUT2D eigenvalue weighted by Gasteiger charge is 2.36. The summed E-state index contributed by atoms with van der Waals surface area (Å²) in [4.78, 5) is 10.9. The minimum atomic E-state index is -0.575. The molecular weight excluding hydrogens is 164 g/mol. The second-order valence-corrected chi connectivity index (χ2v) is 4.12. The second-order valence-electron chi connectivity index (χ2n) is 4.12. The zero-order valence-corrected chi connectivity index (χ0v) is 8.62. The minimum absolute atomic E-state index is 0.0510. The summed E-state index contributed by atoms with van der Waals surface area (Å²) in [6.07, 6.45) is 5.40. The Bertz CT molecular complexity index is 173. The number of carboxylic acids is 1. The molecule has 0 spiro atoms. The maximum Gasteiger partial charge on any atom is 0.306 e. The summed E-state index contributed by atoms with van der Waals surface area (Å²) < 4.78 is 0. The van der Waals surface area contributed by atoms with E-state index in [1.54, 1.807) is 0 Å².